The highest BCUT2D eigenvalue weighted by atomic mass is 35.5. The minimum atomic E-state index is -1.12. The van der Waals surface area contributed by atoms with Gasteiger partial charge in [-0.05, 0) is 18.2 Å². The Hall–Kier alpha value is -1.98. The molecular formula is C12H8Cl2N2O3. The Morgan fingerprint density at radius 2 is 2.11 bits per heavy atom. The lowest BCUT2D eigenvalue weighted by atomic mass is 10.2. The number of carbonyl (C=O) groups is 1. The Balaban J connectivity index is 2.34. The van der Waals surface area contributed by atoms with Gasteiger partial charge < -0.3 is 15.6 Å². The molecule has 0 radical (unpaired) electrons. The molecule has 0 unspecified atom stereocenters. The van der Waals surface area contributed by atoms with Crippen LogP contribution in [-0.4, -0.2) is 16.1 Å². The van der Waals surface area contributed by atoms with E-state index in [1.807, 2.05) is 0 Å². The number of benzene rings is 1. The number of aromatic nitrogens is 1. The van der Waals surface area contributed by atoms with Gasteiger partial charge in [-0.1, -0.05) is 29.3 Å². The molecule has 0 aliphatic rings. The molecule has 5 nitrogen and oxygen atoms in total. The van der Waals surface area contributed by atoms with Gasteiger partial charge in [-0.15, -0.1) is 0 Å². The van der Waals surface area contributed by atoms with Crippen molar-refractivity contribution in [1.82, 2.24) is 4.98 Å². The fourth-order valence-electron chi connectivity index (χ4n) is 1.34. The highest BCUT2D eigenvalue weighted by Gasteiger charge is 2.12. The van der Waals surface area contributed by atoms with E-state index < -0.39 is 5.97 Å². The molecule has 0 aliphatic heterocycles. The van der Waals surface area contributed by atoms with E-state index in [9.17, 15) is 4.79 Å². The lowest BCUT2D eigenvalue weighted by molar-refractivity contribution is 0.0696. The van der Waals surface area contributed by atoms with E-state index in [2.05, 4.69) is 4.98 Å². The number of rotatable bonds is 3. The molecule has 2 aromatic rings. The SMILES string of the molecule is Nc1cc(C(=O)O)cnc1Oc1cccc(Cl)c1Cl. The molecule has 0 atom stereocenters. The Kier molecular flexibility index (Phi) is 3.78. The first-order valence-electron chi connectivity index (χ1n) is 5.09. The Morgan fingerprint density at radius 3 is 2.74 bits per heavy atom. The molecule has 0 saturated carbocycles. The quantitative estimate of drug-likeness (QED) is 0.906. The molecule has 98 valence electrons. The maximum atomic E-state index is 10.7. The van der Waals surface area contributed by atoms with E-state index in [1.165, 1.54) is 6.07 Å². The van der Waals surface area contributed by atoms with Crippen LogP contribution in [0, 0.1) is 0 Å². The number of pyridine rings is 1. The first-order chi connectivity index (χ1) is 8.99. The fourth-order valence-corrected chi connectivity index (χ4v) is 1.67. The summed E-state index contributed by atoms with van der Waals surface area (Å²) in [5.41, 5.74) is 5.74. The molecule has 0 aliphatic carbocycles. The summed E-state index contributed by atoms with van der Waals surface area (Å²) in [5.74, 6) is -0.767. The van der Waals surface area contributed by atoms with Gasteiger partial charge in [0.25, 0.3) is 0 Å². The van der Waals surface area contributed by atoms with Crippen LogP contribution in [0.1, 0.15) is 10.4 Å². The summed E-state index contributed by atoms with van der Waals surface area (Å²) in [6.45, 7) is 0. The van der Waals surface area contributed by atoms with Crippen molar-refractivity contribution in [1.29, 1.82) is 0 Å². The van der Waals surface area contributed by atoms with Crippen molar-refractivity contribution in [3.63, 3.8) is 0 Å². The molecule has 3 N–H and O–H groups in total. The number of carboxylic acid groups (broad SMARTS) is 1. The number of anilines is 1. The van der Waals surface area contributed by atoms with Crippen molar-refractivity contribution in [2.75, 3.05) is 5.73 Å². The van der Waals surface area contributed by atoms with E-state index in [0.717, 1.165) is 6.20 Å². The molecule has 1 aromatic carbocycles. The molecule has 1 aromatic heterocycles. The van der Waals surface area contributed by atoms with Gasteiger partial charge in [0.2, 0.25) is 5.88 Å². The van der Waals surface area contributed by atoms with Gasteiger partial charge in [0.1, 0.15) is 10.8 Å². The summed E-state index contributed by atoms with van der Waals surface area (Å²) in [6.07, 6.45) is 1.15. The number of hydrogen-bond acceptors (Lipinski definition) is 4. The zero-order chi connectivity index (χ0) is 14.0. The highest BCUT2D eigenvalue weighted by Crippen LogP contribution is 2.35. The van der Waals surface area contributed by atoms with Gasteiger partial charge in [0.15, 0.2) is 0 Å². The topological polar surface area (TPSA) is 85.4 Å². The Bertz CT molecular complexity index is 647. The number of hydrogen-bond donors (Lipinski definition) is 2. The summed E-state index contributed by atoms with van der Waals surface area (Å²) in [5, 5.41) is 9.36. The second kappa shape index (κ2) is 5.34. The Labute approximate surface area is 118 Å². The predicted molar refractivity (Wildman–Crippen MR) is 72.1 cm³/mol. The maximum absolute atomic E-state index is 10.7. The van der Waals surface area contributed by atoms with E-state index in [-0.39, 0.29) is 27.9 Å². The number of aromatic carboxylic acids is 1. The molecule has 0 bridgehead atoms. The van der Waals surface area contributed by atoms with Crippen LogP contribution in [0.2, 0.25) is 10.0 Å². The Morgan fingerprint density at radius 1 is 1.37 bits per heavy atom. The molecule has 7 heteroatoms. The third-order valence-corrected chi connectivity index (χ3v) is 3.05. The number of carboxylic acids is 1. The van der Waals surface area contributed by atoms with Gasteiger partial charge in [0, 0.05) is 6.20 Å². The van der Waals surface area contributed by atoms with Gasteiger partial charge >= 0.3 is 5.97 Å². The smallest absolute Gasteiger partial charge is 0.337 e. The van der Waals surface area contributed by atoms with E-state index in [4.69, 9.17) is 38.8 Å². The average Bonchev–Trinajstić information content (AvgIpc) is 2.37. The number of nitrogens with zero attached hydrogens (tertiary/aromatic N) is 1. The van der Waals surface area contributed by atoms with Crippen LogP contribution in [0.25, 0.3) is 0 Å². The third-order valence-electron chi connectivity index (χ3n) is 2.25. The first kappa shape index (κ1) is 13.5. The van der Waals surface area contributed by atoms with Crippen LogP contribution in [0.15, 0.2) is 30.5 Å². The number of halogens is 2. The minimum Gasteiger partial charge on any atom is -0.478 e. The average molecular weight is 299 g/mol. The summed E-state index contributed by atoms with van der Waals surface area (Å²) in [6, 6.07) is 6.12. The first-order valence-corrected chi connectivity index (χ1v) is 5.85. The van der Waals surface area contributed by atoms with Crippen molar-refractivity contribution >= 4 is 34.9 Å². The minimum absolute atomic E-state index is 0.0259. The molecule has 0 fully saturated rings. The maximum Gasteiger partial charge on any atom is 0.337 e. The summed E-state index contributed by atoms with van der Waals surface area (Å²) in [7, 11) is 0. The van der Waals surface area contributed by atoms with Crippen LogP contribution in [0.3, 0.4) is 0 Å². The molecule has 0 saturated heterocycles. The van der Waals surface area contributed by atoms with Crippen molar-refractivity contribution in [3.05, 3.63) is 46.1 Å². The standard InChI is InChI=1S/C12H8Cl2N2O3/c13-7-2-1-3-9(10(7)14)19-11-8(15)4-6(5-16-11)12(17)18/h1-5H,15H2,(H,17,18). The van der Waals surface area contributed by atoms with Crippen LogP contribution in [0.4, 0.5) is 5.69 Å². The number of ether oxygens (including phenoxy) is 1. The number of nitrogens with two attached hydrogens (primary N) is 1. The second-order valence-electron chi connectivity index (χ2n) is 3.58. The van der Waals surface area contributed by atoms with Crippen molar-refractivity contribution < 1.29 is 14.6 Å². The van der Waals surface area contributed by atoms with E-state index in [1.54, 1.807) is 18.2 Å². The second-order valence-corrected chi connectivity index (χ2v) is 4.36. The zero-order valence-corrected chi connectivity index (χ0v) is 10.9. The van der Waals surface area contributed by atoms with Crippen molar-refractivity contribution in [2.24, 2.45) is 0 Å². The fraction of sp³-hybridized carbons (Fsp3) is 0. The van der Waals surface area contributed by atoms with Gasteiger partial charge in [-0.2, -0.15) is 0 Å². The summed E-state index contributed by atoms with van der Waals surface area (Å²) < 4.78 is 5.41. The van der Waals surface area contributed by atoms with E-state index >= 15 is 0 Å². The number of nitrogen functional groups attached to an aromatic ring is 1. The van der Waals surface area contributed by atoms with Gasteiger partial charge in [-0.25, -0.2) is 9.78 Å². The van der Waals surface area contributed by atoms with Crippen LogP contribution in [-0.2, 0) is 0 Å². The van der Waals surface area contributed by atoms with Crippen LogP contribution >= 0.6 is 23.2 Å². The molecule has 1 heterocycles. The third kappa shape index (κ3) is 2.89. The lowest BCUT2D eigenvalue weighted by Gasteiger charge is -2.09. The summed E-state index contributed by atoms with van der Waals surface area (Å²) in [4.78, 5) is 14.6. The molecule has 2 rings (SSSR count). The largest absolute Gasteiger partial charge is 0.478 e. The van der Waals surface area contributed by atoms with Gasteiger partial charge in [-0.3, -0.25) is 0 Å². The molecular weight excluding hydrogens is 291 g/mol. The zero-order valence-electron chi connectivity index (χ0n) is 9.43. The van der Waals surface area contributed by atoms with Crippen molar-refractivity contribution in [2.45, 2.75) is 0 Å². The monoisotopic (exact) mass is 298 g/mol. The van der Waals surface area contributed by atoms with Crippen LogP contribution < -0.4 is 10.5 Å². The molecule has 0 amide bonds. The highest BCUT2D eigenvalue weighted by molar-refractivity contribution is 6.42. The molecule has 0 spiro atoms. The van der Waals surface area contributed by atoms with Gasteiger partial charge in [0.05, 0.1) is 16.3 Å². The normalized spacial score (nSPS) is 10.2. The van der Waals surface area contributed by atoms with Crippen molar-refractivity contribution in [3.8, 4) is 11.6 Å². The lowest BCUT2D eigenvalue weighted by Crippen LogP contribution is -2.01. The summed E-state index contributed by atoms with van der Waals surface area (Å²) >= 11 is 11.8. The molecule has 19 heavy (non-hydrogen) atoms. The predicted octanol–water partition coefficient (Wildman–Crippen LogP) is 3.46. The van der Waals surface area contributed by atoms with E-state index in [0.29, 0.717) is 5.02 Å². The van der Waals surface area contributed by atoms with Crippen LogP contribution in [0.5, 0.6) is 11.6 Å².